The molecule has 122 valence electrons. The van der Waals surface area contributed by atoms with Gasteiger partial charge in [-0.15, -0.1) is 0 Å². The number of aryl methyl sites for hydroxylation is 2. The molecule has 1 aromatic carbocycles. The molecule has 0 bridgehead atoms. The zero-order chi connectivity index (χ0) is 16.0. The van der Waals surface area contributed by atoms with Crippen molar-refractivity contribution < 1.29 is 14.6 Å². The molecular formula is C17H21N3O3. The maximum atomic E-state index is 10.4. The third-order valence-electron chi connectivity index (χ3n) is 4.54. The van der Waals surface area contributed by atoms with E-state index in [1.807, 2.05) is 25.1 Å². The minimum atomic E-state index is -0.522. The Labute approximate surface area is 135 Å². The summed E-state index contributed by atoms with van der Waals surface area (Å²) < 4.78 is 12.8. The van der Waals surface area contributed by atoms with Gasteiger partial charge in [0, 0.05) is 25.3 Å². The van der Waals surface area contributed by atoms with E-state index in [0.29, 0.717) is 18.3 Å². The van der Waals surface area contributed by atoms with Crippen molar-refractivity contribution >= 4 is 0 Å². The quantitative estimate of drug-likeness (QED) is 0.932. The second kappa shape index (κ2) is 5.54. The van der Waals surface area contributed by atoms with Crippen molar-refractivity contribution in [3.05, 3.63) is 41.2 Å². The van der Waals surface area contributed by atoms with Crippen molar-refractivity contribution in [3.8, 4) is 11.5 Å². The fourth-order valence-electron chi connectivity index (χ4n) is 3.33. The standard InChI is InChI=1S/C17H21N3O3/c1-11-5-12(2)20(18-11)14-7-19(8-14)9-15(21)13-3-4-16-17(6-13)23-10-22-16/h3-6,14-15,21H,7-10H2,1-2H3/t15-/m0/s1. The number of hydrogen-bond acceptors (Lipinski definition) is 5. The Morgan fingerprint density at radius 1 is 1.22 bits per heavy atom. The highest BCUT2D eigenvalue weighted by Gasteiger charge is 2.31. The van der Waals surface area contributed by atoms with E-state index in [2.05, 4.69) is 27.7 Å². The lowest BCUT2D eigenvalue weighted by Gasteiger charge is -2.40. The van der Waals surface area contributed by atoms with Gasteiger partial charge in [-0.25, -0.2) is 0 Å². The lowest BCUT2D eigenvalue weighted by atomic mass is 10.0. The van der Waals surface area contributed by atoms with Gasteiger partial charge in [0.05, 0.1) is 17.8 Å². The first-order chi connectivity index (χ1) is 11.1. The number of nitrogens with zero attached hydrogens (tertiary/aromatic N) is 3. The Hall–Kier alpha value is -2.05. The average Bonchev–Trinajstić information content (AvgIpc) is 3.07. The lowest BCUT2D eigenvalue weighted by molar-refractivity contribution is 0.0393. The molecule has 2 aliphatic heterocycles. The first-order valence-corrected chi connectivity index (χ1v) is 7.93. The van der Waals surface area contributed by atoms with Crippen LogP contribution in [-0.4, -0.2) is 46.2 Å². The number of ether oxygens (including phenoxy) is 2. The molecule has 2 aliphatic rings. The van der Waals surface area contributed by atoms with Crippen LogP contribution in [-0.2, 0) is 0 Å². The van der Waals surface area contributed by atoms with Crippen LogP contribution < -0.4 is 9.47 Å². The summed E-state index contributed by atoms with van der Waals surface area (Å²) in [6.07, 6.45) is -0.522. The van der Waals surface area contributed by atoms with E-state index in [1.54, 1.807) is 0 Å². The van der Waals surface area contributed by atoms with Crippen molar-refractivity contribution in [1.29, 1.82) is 0 Å². The molecule has 1 N–H and O–H groups in total. The minimum Gasteiger partial charge on any atom is -0.454 e. The van der Waals surface area contributed by atoms with Gasteiger partial charge in [-0.1, -0.05) is 6.07 Å². The summed E-state index contributed by atoms with van der Waals surface area (Å²) >= 11 is 0. The van der Waals surface area contributed by atoms with E-state index < -0.39 is 6.10 Å². The molecule has 1 fully saturated rings. The smallest absolute Gasteiger partial charge is 0.231 e. The van der Waals surface area contributed by atoms with E-state index in [1.165, 1.54) is 5.69 Å². The van der Waals surface area contributed by atoms with Crippen molar-refractivity contribution in [2.24, 2.45) is 0 Å². The highest BCUT2D eigenvalue weighted by molar-refractivity contribution is 5.45. The molecular weight excluding hydrogens is 294 g/mol. The summed E-state index contributed by atoms with van der Waals surface area (Å²) in [5, 5.41) is 15.0. The molecule has 4 rings (SSSR count). The van der Waals surface area contributed by atoms with Crippen LogP contribution in [0.5, 0.6) is 11.5 Å². The van der Waals surface area contributed by atoms with Crippen molar-refractivity contribution in [1.82, 2.24) is 14.7 Å². The lowest BCUT2D eigenvalue weighted by Crippen LogP contribution is -2.49. The highest BCUT2D eigenvalue weighted by Crippen LogP contribution is 2.35. The highest BCUT2D eigenvalue weighted by atomic mass is 16.7. The van der Waals surface area contributed by atoms with Crippen molar-refractivity contribution in [3.63, 3.8) is 0 Å². The fraction of sp³-hybridized carbons (Fsp3) is 0.471. The van der Waals surface area contributed by atoms with E-state index >= 15 is 0 Å². The molecule has 3 heterocycles. The molecule has 0 spiro atoms. The summed E-state index contributed by atoms with van der Waals surface area (Å²) in [4.78, 5) is 2.25. The van der Waals surface area contributed by atoms with Gasteiger partial charge in [-0.3, -0.25) is 9.58 Å². The number of rotatable bonds is 4. The number of aliphatic hydroxyl groups is 1. The number of β-amino-alcohol motifs (C(OH)–C–C–N with tert-alkyl or cyclic N) is 1. The zero-order valence-electron chi connectivity index (χ0n) is 13.4. The largest absolute Gasteiger partial charge is 0.454 e. The monoisotopic (exact) mass is 315 g/mol. The summed E-state index contributed by atoms with van der Waals surface area (Å²) in [6.45, 7) is 6.82. The number of hydrogen-bond donors (Lipinski definition) is 1. The first-order valence-electron chi connectivity index (χ1n) is 7.93. The second-order valence-electron chi connectivity index (χ2n) is 6.37. The number of likely N-dealkylation sites (tertiary alicyclic amines) is 1. The van der Waals surface area contributed by atoms with Gasteiger partial charge < -0.3 is 14.6 Å². The van der Waals surface area contributed by atoms with Gasteiger partial charge in [0.25, 0.3) is 0 Å². The van der Waals surface area contributed by atoms with Crippen molar-refractivity contribution in [2.75, 3.05) is 26.4 Å². The molecule has 0 saturated carbocycles. The molecule has 0 aliphatic carbocycles. The third kappa shape index (κ3) is 2.68. The van der Waals surface area contributed by atoms with Crippen molar-refractivity contribution in [2.45, 2.75) is 26.0 Å². The van der Waals surface area contributed by atoms with Crippen LogP contribution in [0.3, 0.4) is 0 Å². The number of aliphatic hydroxyl groups excluding tert-OH is 1. The maximum absolute atomic E-state index is 10.4. The Balaban J connectivity index is 1.36. The van der Waals surface area contributed by atoms with Crippen LogP contribution in [0.25, 0.3) is 0 Å². The molecule has 2 aromatic rings. The SMILES string of the molecule is Cc1cc(C)n(C2CN(C[C@H](O)c3ccc4c(c3)OCO4)C2)n1. The van der Waals surface area contributed by atoms with Crippen LogP contribution in [0.15, 0.2) is 24.3 Å². The molecule has 1 atom stereocenters. The van der Waals surface area contributed by atoms with E-state index in [4.69, 9.17) is 9.47 Å². The predicted molar refractivity (Wildman–Crippen MR) is 84.7 cm³/mol. The molecule has 6 nitrogen and oxygen atoms in total. The van der Waals surface area contributed by atoms with Gasteiger partial charge in [-0.2, -0.15) is 5.10 Å². The van der Waals surface area contributed by atoms with Crippen LogP contribution in [0.1, 0.15) is 29.1 Å². The summed E-state index contributed by atoms with van der Waals surface area (Å²) in [7, 11) is 0. The minimum absolute atomic E-state index is 0.255. The number of aromatic nitrogens is 2. The van der Waals surface area contributed by atoms with Gasteiger partial charge in [0.15, 0.2) is 11.5 Å². The van der Waals surface area contributed by atoms with Crippen LogP contribution in [0, 0.1) is 13.8 Å². The number of fused-ring (bicyclic) bond motifs is 1. The van der Waals surface area contributed by atoms with Crippen LogP contribution in [0.4, 0.5) is 0 Å². The fourth-order valence-corrected chi connectivity index (χ4v) is 3.33. The van der Waals surface area contributed by atoms with E-state index in [-0.39, 0.29) is 6.79 Å². The predicted octanol–water partition coefficient (Wildman–Crippen LogP) is 1.82. The second-order valence-corrected chi connectivity index (χ2v) is 6.37. The third-order valence-corrected chi connectivity index (χ3v) is 4.54. The van der Waals surface area contributed by atoms with Crippen LogP contribution >= 0.6 is 0 Å². The Morgan fingerprint density at radius 2 is 2.00 bits per heavy atom. The molecule has 0 radical (unpaired) electrons. The first kappa shape index (κ1) is 14.5. The maximum Gasteiger partial charge on any atom is 0.231 e. The Bertz CT molecular complexity index is 722. The summed E-state index contributed by atoms with van der Waals surface area (Å²) in [5.41, 5.74) is 3.12. The van der Waals surface area contributed by atoms with Crippen LogP contribution in [0.2, 0.25) is 0 Å². The van der Waals surface area contributed by atoms with Gasteiger partial charge >= 0.3 is 0 Å². The topological polar surface area (TPSA) is 59.8 Å². The van der Waals surface area contributed by atoms with Gasteiger partial charge in [-0.05, 0) is 37.6 Å². The van der Waals surface area contributed by atoms with E-state index in [0.717, 1.165) is 30.1 Å². The van der Waals surface area contributed by atoms with E-state index in [9.17, 15) is 5.11 Å². The number of benzene rings is 1. The Morgan fingerprint density at radius 3 is 2.74 bits per heavy atom. The zero-order valence-corrected chi connectivity index (χ0v) is 13.4. The van der Waals surface area contributed by atoms with Gasteiger partial charge in [0.1, 0.15) is 0 Å². The Kier molecular flexibility index (Phi) is 3.50. The summed E-state index contributed by atoms with van der Waals surface area (Å²) in [6, 6.07) is 8.13. The van der Waals surface area contributed by atoms with Gasteiger partial charge in [0.2, 0.25) is 6.79 Å². The molecule has 0 amide bonds. The molecule has 6 heteroatoms. The molecule has 0 unspecified atom stereocenters. The molecule has 1 saturated heterocycles. The average molecular weight is 315 g/mol. The molecule has 1 aromatic heterocycles. The normalized spacial score (nSPS) is 18.9. The summed E-state index contributed by atoms with van der Waals surface area (Å²) in [5.74, 6) is 1.46. The molecule has 23 heavy (non-hydrogen) atoms.